The summed E-state index contributed by atoms with van der Waals surface area (Å²) in [6, 6.07) is 14.4. The van der Waals surface area contributed by atoms with Crippen LogP contribution in [0.25, 0.3) is 5.57 Å². The average Bonchev–Trinajstić information content (AvgIpc) is 3.84. The van der Waals surface area contributed by atoms with Gasteiger partial charge < -0.3 is 25.2 Å². The maximum Gasteiger partial charge on any atom is 0.417 e. The monoisotopic (exact) mass is 690 g/mol. The molecule has 5 rings (SSSR count). The van der Waals surface area contributed by atoms with E-state index in [1.165, 1.54) is 12.1 Å². The van der Waals surface area contributed by atoms with Crippen LogP contribution >= 0.6 is 23.2 Å². The lowest BCUT2D eigenvalue weighted by molar-refractivity contribution is -0.138. The Labute approximate surface area is 271 Å². The molecule has 2 aliphatic rings. The molecule has 1 aliphatic heterocycles. The van der Waals surface area contributed by atoms with E-state index in [4.69, 9.17) is 32.7 Å². The van der Waals surface area contributed by atoms with E-state index in [1.807, 2.05) is 0 Å². The summed E-state index contributed by atoms with van der Waals surface area (Å²) in [4.78, 5) is 11.4. The third-order valence-electron chi connectivity index (χ3n) is 7.09. The van der Waals surface area contributed by atoms with E-state index in [0.29, 0.717) is 49.0 Å². The second-order valence-corrected chi connectivity index (χ2v) is 11.3. The maximum absolute atomic E-state index is 12.6. The van der Waals surface area contributed by atoms with Gasteiger partial charge in [0.2, 0.25) is 0 Å². The number of carboxylic acids is 1. The van der Waals surface area contributed by atoms with Crippen molar-refractivity contribution in [2.45, 2.75) is 44.2 Å². The van der Waals surface area contributed by atoms with Gasteiger partial charge in [0, 0.05) is 19.1 Å². The smallest absolute Gasteiger partial charge is 0.417 e. The van der Waals surface area contributed by atoms with Gasteiger partial charge in [-0.15, -0.1) is 0 Å². The van der Waals surface area contributed by atoms with Crippen LogP contribution in [0.1, 0.15) is 41.5 Å². The molecule has 0 spiro atoms. The van der Waals surface area contributed by atoms with Gasteiger partial charge in [0.1, 0.15) is 24.7 Å². The molecule has 0 radical (unpaired) electrons. The van der Waals surface area contributed by atoms with Crippen LogP contribution < -0.4 is 20.1 Å². The lowest BCUT2D eigenvalue weighted by atomic mass is 9.94. The predicted molar refractivity (Wildman–Crippen MR) is 162 cm³/mol. The first kappa shape index (κ1) is 35.4. The van der Waals surface area contributed by atoms with Crippen LogP contribution in [-0.2, 0) is 23.7 Å². The Hall–Kier alpha value is -3.45. The molecule has 0 atom stereocenters. The first-order valence-corrected chi connectivity index (χ1v) is 15.0. The van der Waals surface area contributed by atoms with Crippen molar-refractivity contribution >= 4 is 34.7 Å². The van der Waals surface area contributed by atoms with Gasteiger partial charge in [-0.2, -0.15) is 26.3 Å². The Morgan fingerprint density at radius 1 is 0.935 bits per heavy atom. The largest absolute Gasteiger partial charge is 0.490 e. The number of nitrogens with one attached hydrogen (secondary N) is 2. The third kappa shape index (κ3) is 10.0. The SMILES string of the molecule is FC(F)(F)c1cccc(CNC2CC2)c1Cl.O=C(O)C1=C(c2ccc(OCCOc3ccc(C(F)(F)F)cc3Cl)cc2)CCNC1. The molecule has 1 heterocycles. The van der Waals surface area contributed by atoms with Crippen molar-refractivity contribution in [3.8, 4) is 11.5 Å². The Morgan fingerprint density at radius 2 is 1.63 bits per heavy atom. The molecule has 6 nitrogen and oxygen atoms in total. The van der Waals surface area contributed by atoms with Crippen molar-refractivity contribution in [3.05, 3.63) is 98.5 Å². The number of carboxylic acid groups (broad SMARTS) is 1. The molecule has 1 saturated carbocycles. The number of alkyl halides is 6. The molecule has 0 unspecified atom stereocenters. The minimum atomic E-state index is -4.47. The lowest BCUT2D eigenvalue weighted by Crippen LogP contribution is -2.28. The van der Waals surface area contributed by atoms with E-state index in [1.54, 1.807) is 30.3 Å². The average molecular weight is 691 g/mol. The number of halogens is 8. The van der Waals surface area contributed by atoms with Crippen molar-refractivity contribution in [1.82, 2.24) is 10.6 Å². The highest BCUT2D eigenvalue weighted by Crippen LogP contribution is 2.37. The Balaban J connectivity index is 0.000000252. The summed E-state index contributed by atoms with van der Waals surface area (Å²) >= 11 is 11.6. The molecule has 0 bridgehead atoms. The number of hydrogen-bond donors (Lipinski definition) is 3. The fraction of sp³-hybridized carbons (Fsp3) is 0.344. The number of carbonyl (C=O) groups is 1. The second-order valence-electron chi connectivity index (χ2n) is 10.5. The molecule has 46 heavy (non-hydrogen) atoms. The fourth-order valence-corrected chi connectivity index (χ4v) is 5.08. The molecule has 0 amide bonds. The summed E-state index contributed by atoms with van der Waals surface area (Å²) in [5, 5.41) is 15.2. The van der Waals surface area contributed by atoms with Crippen LogP contribution in [0.15, 0.2) is 66.2 Å². The highest BCUT2D eigenvalue weighted by Gasteiger charge is 2.34. The number of aliphatic carboxylic acids is 1. The van der Waals surface area contributed by atoms with E-state index in [-0.39, 0.29) is 29.0 Å². The van der Waals surface area contributed by atoms with Gasteiger partial charge in [0.05, 0.1) is 26.7 Å². The Kier molecular flexibility index (Phi) is 11.9. The molecule has 14 heteroatoms. The van der Waals surface area contributed by atoms with Crippen LogP contribution in [0.3, 0.4) is 0 Å². The minimum absolute atomic E-state index is 0.0901. The molecular formula is C32H30Cl2F6N2O4. The van der Waals surface area contributed by atoms with E-state index < -0.39 is 29.4 Å². The molecular weight excluding hydrogens is 661 g/mol. The summed E-state index contributed by atoms with van der Waals surface area (Å²) in [7, 11) is 0. The van der Waals surface area contributed by atoms with Crippen molar-refractivity contribution in [1.29, 1.82) is 0 Å². The molecule has 3 aromatic carbocycles. The predicted octanol–water partition coefficient (Wildman–Crippen LogP) is 8.26. The highest BCUT2D eigenvalue weighted by molar-refractivity contribution is 6.32. The topological polar surface area (TPSA) is 79.8 Å². The van der Waals surface area contributed by atoms with Gasteiger partial charge in [-0.3, -0.25) is 0 Å². The third-order valence-corrected chi connectivity index (χ3v) is 7.83. The molecule has 3 N–H and O–H groups in total. The van der Waals surface area contributed by atoms with E-state index >= 15 is 0 Å². The van der Waals surface area contributed by atoms with E-state index in [0.717, 1.165) is 42.2 Å². The number of hydrogen-bond acceptors (Lipinski definition) is 5. The lowest BCUT2D eigenvalue weighted by Gasteiger charge is -2.19. The molecule has 248 valence electrons. The van der Waals surface area contributed by atoms with Crippen LogP contribution in [-0.4, -0.2) is 43.4 Å². The van der Waals surface area contributed by atoms with Crippen molar-refractivity contribution < 1.29 is 45.7 Å². The number of ether oxygens (including phenoxy) is 2. The van der Waals surface area contributed by atoms with Crippen LogP contribution in [0, 0.1) is 0 Å². The van der Waals surface area contributed by atoms with Gasteiger partial charge in [-0.25, -0.2) is 4.79 Å². The zero-order valence-electron chi connectivity index (χ0n) is 24.2. The summed E-state index contributed by atoms with van der Waals surface area (Å²) < 4.78 is 86.5. The maximum atomic E-state index is 12.6. The van der Waals surface area contributed by atoms with E-state index in [9.17, 15) is 36.2 Å². The van der Waals surface area contributed by atoms with Crippen molar-refractivity contribution in [2.24, 2.45) is 0 Å². The Bertz CT molecular complexity index is 1540. The second kappa shape index (κ2) is 15.4. The van der Waals surface area contributed by atoms with Gasteiger partial charge in [-0.1, -0.05) is 47.5 Å². The first-order valence-electron chi connectivity index (χ1n) is 14.2. The standard InChI is InChI=1S/C21H19ClF3NO4.C11H11ClF3N/c22-18-11-14(21(23,24)25)3-6-19(18)30-10-9-29-15-4-1-13(2-5-15)16-7-8-26-12-17(16)20(27)28;12-10-7(6-16-8-4-5-8)2-1-3-9(10)11(13,14)15/h1-6,11,26H,7-10,12H2,(H,27,28);1-3,8,16H,4-6H2. The number of benzene rings is 3. The van der Waals surface area contributed by atoms with Gasteiger partial charge in [0.25, 0.3) is 0 Å². The van der Waals surface area contributed by atoms with Gasteiger partial charge in [0.15, 0.2) is 0 Å². The summed E-state index contributed by atoms with van der Waals surface area (Å²) in [5.74, 6) is -0.230. The molecule has 3 aromatic rings. The van der Waals surface area contributed by atoms with Crippen LogP contribution in [0.4, 0.5) is 26.3 Å². The normalized spacial score (nSPS) is 15.2. The van der Waals surface area contributed by atoms with Crippen molar-refractivity contribution in [3.63, 3.8) is 0 Å². The summed E-state index contributed by atoms with van der Waals surface area (Å²) in [5.41, 5.74) is 0.887. The molecule has 1 aliphatic carbocycles. The van der Waals surface area contributed by atoms with Crippen LogP contribution in [0.2, 0.25) is 10.0 Å². The summed E-state index contributed by atoms with van der Waals surface area (Å²) in [6.45, 7) is 1.69. The van der Waals surface area contributed by atoms with Crippen LogP contribution in [0.5, 0.6) is 11.5 Å². The van der Waals surface area contributed by atoms with E-state index in [2.05, 4.69) is 10.6 Å². The minimum Gasteiger partial charge on any atom is -0.490 e. The first-order chi connectivity index (χ1) is 21.7. The molecule has 0 saturated heterocycles. The zero-order chi connectivity index (χ0) is 33.5. The summed E-state index contributed by atoms with van der Waals surface area (Å²) in [6.07, 6.45) is -6.03. The number of rotatable bonds is 10. The van der Waals surface area contributed by atoms with Gasteiger partial charge in [-0.05, 0) is 78.9 Å². The quantitative estimate of drug-likeness (QED) is 0.147. The van der Waals surface area contributed by atoms with Gasteiger partial charge >= 0.3 is 18.3 Å². The Morgan fingerprint density at radius 3 is 2.24 bits per heavy atom. The zero-order valence-corrected chi connectivity index (χ0v) is 25.7. The molecule has 1 fully saturated rings. The molecule has 0 aromatic heterocycles. The van der Waals surface area contributed by atoms with Crippen molar-refractivity contribution in [2.75, 3.05) is 26.3 Å². The fourth-order valence-electron chi connectivity index (χ4n) is 4.54. The highest BCUT2D eigenvalue weighted by atomic mass is 35.5.